The normalized spacial score (nSPS) is 24.4. The van der Waals surface area contributed by atoms with Crippen molar-refractivity contribution >= 4 is 145 Å². The quantitative estimate of drug-likeness (QED) is 0.0451. The molecule has 0 aromatic heterocycles. The van der Waals surface area contributed by atoms with Crippen molar-refractivity contribution in [2.45, 2.75) is 177 Å². The zero-order valence-electron chi connectivity index (χ0n) is 67.2. The molecule has 12 aromatic rings. The average molecular weight is 1580 g/mol. The van der Waals surface area contributed by atoms with Crippen LogP contribution >= 0.6 is 0 Å². The number of amides is 8. The number of ether oxygens (including phenoxy) is 2. The van der Waals surface area contributed by atoms with Crippen molar-refractivity contribution in [3.63, 3.8) is 0 Å². The number of rotatable bonds is 14. The number of likely N-dealkylation sites (N-methyl/N-ethyl adjacent to an activating group) is 4. The van der Waals surface area contributed by atoms with Gasteiger partial charge in [-0.15, -0.1) is 0 Å². The monoisotopic (exact) mass is 1580 g/mol. The van der Waals surface area contributed by atoms with Gasteiger partial charge in [0.25, 0.3) is 0 Å². The maximum Gasteiger partial charge on any atom is 0.306 e. The predicted molar refractivity (Wildman–Crippen MR) is 457 cm³/mol. The molecule has 604 valence electrons. The fraction of sp³-hybridized carbons (Fsp3) is 0.367. The summed E-state index contributed by atoms with van der Waals surface area (Å²) in [6.45, 7) is -0.0605. The van der Waals surface area contributed by atoms with Crippen LogP contribution in [-0.2, 0) is 83.5 Å². The van der Waals surface area contributed by atoms with Crippen LogP contribution in [0.3, 0.4) is 0 Å². The number of fused-ring (bicyclic) bond motifs is 12. The van der Waals surface area contributed by atoms with E-state index in [0.717, 1.165) is 97.7 Å². The van der Waals surface area contributed by atoms with Gasteiger partial charge in [0.05, 0.1) is 0 Å². The van der Waals surface area contributed by atoms with Crippen molar-refractivity contribution in [2.75, 3.05) is 28.2 Å². The van der Waals surface area contributed by atoms with Crippen molar-refractivity contribution in [2.24, 2.45) is 23.7 Å². The Kier molecular flexibility index (Phi) is 22.3. The second-order valence-corrected chi connectivity index (χ2v) is 33.9. The van der Waals surface area contributed by atoms with Gasteiger partial charge in [0.15, 0.2) is 0 Å². The first-order chi connectivity index (χ1) is 57.3. The molecule has 20 nitrogen and oxygen atoms in total. The fourth-order valence-electron chi connectivity index (χ4n) is 20.3. The highest BCUT2D eigenvalue weighted by atomic mass is 16.5. The lowest BCUT2D eigenvalue weighted by Gasteiger charge is -2.31. The molecule has 5 fully saturated rings. The van der Waals surface area contributed by atoms with Gasteiger partial charge < -0.3 is 50.3 Å². The molecule has 1 saturated heterocycles. The van der Waals surface area contributed by atoms with Gasteiger partial charge in [0.2, 0.25) is 47.3 Å². The molecule has 0 spiro atoms. The molecule has 0 radical (unpaired) electrons. The number of carbonyl (C=O) groups is 10. The zero-order chi connectivity index (χ0) is 81.6. The summed E-state index contributed by atoms with van der Waals surface area (Å²) in [6, 6.07) is 58.6. The summed E-state index contributed by atoms with van der Waals surface area (Å²) in [7, 11) is 6.70. The number of nitrogens with one attached hydrogen (secondary N) is 4. The summed E-state index contributed by atoms with van der Waals surface area (Å²) >= 11 is 0. The first kappa shape index (κ1) is 78.5. The van der Waals surface area contributed by atoms with Crippen molar-refractivity contribution in [1.82, 2.24) is 40.9 Å². The van der Waals surface area contributed by atoms with Crippen molar-refractivity contribution in [3.05, 3.63) is 216 Å². The lowest BCUT2D eigenvalue weighted by atomic mass is 9.88. The Morgan fingerprint density at radius 3 is 0.898 bits per heavy atom. The van der Waals surface area contributed by atoms with Crippen molar-refractivity contribution < 1.29 is 57.4 Å². The molecule has 0 unspecified atom stereocenters. The summed E-state index contributed by atoms with van der Waals surface area (Å²) in [5.74, 6) is -6.66. The van der Waals surface area contributed by atoms with E-state index in [0.29, 0.717) is 51.4 Å². The standard InChI is InChI=1S/C98H100N8O12/c1-103-67-39-35-63(53-67)93(111)101-83(49-57-17-7-5-8-18-57)97(115)106(4)70-42-34-62(52-70)92(110)100-82(46-48-86(108)118-56-66-38-44-80-76-30-14-24-60-22-12-28-74(88(60)76)78-32-16-26-72(66)90(78)80)96(114)104(2)68-40-36-64(54-68)94(112)102-84(50-58-19-9-6-10-20-58)98(116)105(3)69-41-33-61(51-69)91(109)99-81(95(103)113)45-47-85(107)117-55-65-37-43-79-75-29-13-23-59-21-11-27-73(87(59)75)77-31-15-25-71(65)89(77)79/h5-32,37-38,43-44,61-64,67-70,81-84H,33-36,39-42,45-56H2,1-4H3,(H,99,109)(H,100,110)(H,101,111)(H,102,112)/t61-,62+,63+,64-,67-,68-,69-,70-,81+,82+,83+,84-/m0/s1. The van der Waals surface area contributed by atoms with Crippen LogP contribution in [-0.4, -0.2) is 155 Å². The summed E-state index contributed by atoms with van der Waals surface area (Å²) in [5, 5.41) is 30.1. The van der Waals surface area contributed by atoms with E-state index in [2.05, 4.69) is 118 Å². The molecule has 12 aromatic carbocycles. The van der Waals surface area contributed by atoms with Gasteiger partial charge >= 0.3 is 11.9 Å². The molecule has 4 aliphatic carbocycles. The van der Waals surface area contributed by atoms with E-state index in [1.54, 1.807) is 47.8 Å². The maximum absolute atomic E-state index is 15.2. The van der Waals surface area contributed by atoms with Gasteiger partial charge in [0.1, 0.15) is 37.4 Å². The molecule has 4 N–H and O–H groups in total. The Bertz CT molecular complexity index is 5440. The van der Waals surface area contributed by atoms with Gasteiger partial charge in [-0.2, -0.15) is 0 Å². The Labute approximate surface area is 685 Å². The van der Waals surface area contributed by atoms with Gasteiger partial charge in [-0.25, -0.2) is 0 Å². The molecule has 20 heteroatoms. The van der Waals surface area contributed by atoms with Crippen molar-refractivity contribution in [1.29, 1.82) is 0 Å². The smallest absolute Gasteiger partial charge is 0.306 e. The molecule has 5 aliphatic rings. The number of hydrogen-bond donors (Lipinski definition) is 4. The molecule has 4 saturated carbocycles. The van der Waals surface area contributed by atoms with Crippen LogP contribution in [0.15, 0.2) is 194 Å². The van der Waals surface area contributed by atoms with E-state index in [1.807, 2.05) is 97.1 Å². The molecule has 1 heterocycles. The Morgan fingerprint density at radius 1 is 0.305 bits per heavy atom. The molecular weight excluding hydrogens is 1480 g/mol. The van der Waals surface area contributed by atoms with E-state index in [1.165, 1.54) is 10.8 Å². The van der Waals surface area contributed by atoms with Crippen LogP contribution < -0.4 is 21.3 Å². The largest absolute Gasteiger partial charge is 0.461 e. The number of esters is 2. The SMILES string of the molecule is CN1C(=O)[C@H](Cc2ccccc2)NC(=O)[C@H]2CC[C@@H](C2)N(C)C(=O)[C@@H](CCC(=O)OCc2ccc3c4cccc5cccc(c6cccc2c63)c54)NC(=O)[C@@H]2CC[C@@H](C2)N(C)C(=O)[C@@H](Cc2ccccc2)NC(=O)[C@@H]2CC[C@@H](C2)N(C)C(=O)[C@@H](CCC(=O)OCc2ccc3c4cccc5cccc(c6cccc2c63)c54)NC(=O)[C@H]2CC[C@H]1C2. The van der Waals surface area contributed by atoms with Gasteiger partial charge in [-0.1, -0.05) is 194 Å². The first-order valence-corrected chi connectivity index (χ1v) is 42.1. The third-order valence-corrected chi connectivity index (χ3v) is 27.0. The summed E-state index contributed by atoms with van der Waals surface area (Å²) in [4.78, 5) is 155. The number of carbonyl (C=O) groups excluding carboxylic acids is 10. The van der Waals surface area contributed by atoms with E-state index >= 15 is 19.2 Å². The van der Waals surface area contributed by atoms with Crippen molar-refractivity contribution in [3.8, 4) is 0 Å². The van der Waals surface area contributed by atoms with Crippen LogP contribution in [0.1, 0.15) is 125 Å². The first-order valence-electron chi connectivity index (χ1n) is 42.1. The Morgan fingerprint density at radius 2 is 0.576 bits per heavy atom. The highest BCUT2D eigenvalue weighted by Crippen LogP contribution is 2.44. The molecule has 8 amide bonds. The third-order valence-electron chi connectivity index (χ3n) is 27.0. The van der Waals surface area contributed by atoms with Crippen LogP contribution in [0.4, 0.5) is 0 Å². The van der Waals surface area contributed by atoms with Crippen LogP contribution in [0, 0.1) is 23.7 Å². The van der Waals surface area contributed by atoms with E-state index < -0.39 is 108 Å². The second-order valence-electron chi connectivity index (χ2n) is 33.9. The molecule has 17 rings (SSSR count). The van der Waals surface area contributed by atoms with Gasteiger partial charge in [0, 0.05) is 102 Å². The molecule has 118 heavy (non-hydrogen) atoms. The van der Waals surface area contributed by atoms with Gasteiger partial charge in [-0.3, -0.25) is 47.9 Å². The molecule has 8 bridgehead atoms. The summed E-state index contributed by atoms with van der Waals surface area (Å²) in [6.07, 6.45) is 4.09. The maximum atomic E-state index is 15.2. The lowest BCUT2D eigenvalue weighted by molar-refractivity contribution is -0.147. The molecule has 1 aliphatic heterocycles. The van der Waals surface area contributed by atoms with E-state index in [9.17, 15) is 28.8 Å². The minimum absolute atomic E-state index is 0.0302. The van der Waals surface area contributed by atoms with Crippen LogP contribution in [0.25, 0.3) is 86.2 Å². The zero-order valence-corrected chi connectivity index (χ0v) is 67.2. The van der Waals surface area contributed by atoms with Crippen LogP contribution in [0.2, 0.25) is 0 Å². The molecule has 12 atom stereocenters. The number of benzene rings is 12. The van der Waals surface area contributed by atoms with E-state index in [4.69, 9.17) is 9.47 Å². The number of nitrogens with zero attached hydrogens (tertiary/aromatic N) is 4. The minimum Gasteiger partial charge on any atom is -0.461 e. The second kappa shape index (κ2) is 33.5. The predicted octanol–water partition coefficient (Wildman–Crippen LogP) is 14.1. The third kappa shape index (κ3) is 15.6. The fourth-order valence-corrected chi connectivity index (χ4v) is 20.3. The summed E-state index contributed by atoms with van der Waals surface area (Å²) in [5.41, 5.74) is 3.28. The lowest BCUT2D eigenvalue weighted by Crippen LogP contribution is -2.53. The van der Waals surface area contributed by atoms with Crippen LogP contribution in [0.5, 0.6) is 0 Å². The highest BCUT2D eigenvalue weighted by molar-refractivity contribution is 6.34. The topological polar surface area (TPSA) is 250 Å². The molecular formula is C98H100N8O12. The summed E-state index contributed by atoms with van der Waals surface area (Å²) < 4.78 is 12.1. The average Bonchev–Trinajstić information content (AvgIpc) is 1.03. The van der Waals surface area contributed by atoms with Gasteiger partial charge in [-0.05, 0) is 198 Å². The van der Waals surface area contributed by atoms with E-state index in [-0.39, 0.29) is 101 Å². The Balaban J connectivity index is 0.615. The minimum atomic E-state index is -1.18. The number of hydrogen-bond acceptors (Lipinski definition) is 12. The Hall–Kier alpha value is -12.1. The highest BCUT2D eigenvalue weighted by Gasteiger charge is 2.44.